The Kier molecular flexibility index (Phi) is 3.89. The number of aromatic amines is 1. The van der Waals surface area contributed by atoms with Crippen molar-refractivity contribution in [3.05, 3.63) is 37.5 Å². The molecule has 2 heterocycles. The minimum Gasteiger partial charge on any atom is -0.384 e. The van der Waals surface area contributed by atoms with Crippen LogP contribution < -0.4 is 16.9 Å². The molecule has 0 aliphatic carbocycles. The van der Waals surface area contributed by atoms with Crippen LogP contribution in [-0.4, -0.2) is 30.8 Å². The van der Waals surface area contributed by atoms with Crippen molar-refractivity contribution in [2.24, 2.45) is 12.8 Å². The fourth-order valence-electron chi connectivity index (χ4n) is 1.61. The Morgan fingerprint density at radius 3 is 2.62 bits per heavy atom. The molecule has 0 aliphatic heterocycles. The van der Waals surface area contributed by atoms with E-state index in [9.17, 15) is 9.59 Å². The van der Waals surface area contributed by atoms with Crippen molar-refractivity contribution in [3.8, 4) is 0 Å². The quantitative estimate of drug-likeness (QED) is 0.387. The number of hydrogen-bond acceptors (Lipinski definition) is 7. The van der Waals surface area contributed by atoms with Crippen LogP contribution in [0.2, 0.25) is 0 Å². The van der Waals surface area contributed by atoms with E-state index in [0.29, 0.717) is 16.3 Å². The molecule has 4 N–H and O–H groups in total. The predicted molar refractivity (Wildman–Crippen MR) is 76.7 cm³/mol. The normalized spacial score (nSPS) is 10.6. The van der Waals surface area contributed by atoms with Gasteiger partial charge in [0.05, 0.1) is 11.3 Å². The number of nitrogens with zero attached hydrogens (tertiary/aromatic N) is 4. The number of rotatable bonds is 3. The van der Waals surface area contributed by atoms with Crippen LogP contribution in [0.3, 0.4) is 0 Å². The van der Waals surface area contributed by atoms with Gasteiger partial charge in [0.25, 0.3) is 0 Å². The van der Waals surface area contributed by atoms with Crippen molar-refractivity contribution in [2.75, 3.05) is 0 Å². The summed E-state index contributed by atoms with van der Waals surface area (Å²) in [6.07, 6.45) is 0. The summed E-state index contributed by atoms with van der Waals surface area (Å²) in [5.41, 5.74) is 5.72. The third-order valence-electron chi connectivity index (χ3n) is 2.83. The lowest BCUT2D eigenvalue weighted by molar-refractivity contribution is 0.595. The summed E-state index contributed by atoms with van der Waals surface area (Å²) in [5.74, 6) is -0.151. The van der Waals surface area contributed by atoms with Gasteiger partial charge in [0.2, 0.25) is 0 Å². The van der Waals surface area contributed by atoms with Crippen LogP contribution in [-0.2, 0) is 7.05 Å². The van der Waals surface area contributed by atoms with Crippen molar-refractivity contribution in [1.29, 1.82) is 5.41 Å². The minimum atomic E-state index is -0.892. The zero-order valence-electron chi connectivity index (χ0n) is 11.6. The van der Waals surface area contributed by atoms with E-state index in [2.05, 4.69) is 20.3 Å². The van der Waals surface area contributed by atoms with Gasteiger partial charge in [-0.2, -0.15) is 10.1 Å². The molecular weight excluding hydrogens is 294 g/mol. The number of nitrogen functional groups attached to an aromatic ring is 1. The van der Waals surface area contributed by atoms with Crippen molar-refractivity contribution in [3.63, 3.8) is 0 Å². The summed E-state index contributed by atoms with van der Waals surface area (Å²) in [5, 5.41) is 18.5. The molecule has 0 radical (unpaired) electrons. The third-order valence-corrected chi connectivity index (χ3v) is 3.85. The molecule has 110 valence electrons. The molecule has 2 aromatic heterocycles. The highest BCUT2D eigenvalue weighted by Gasteiger charge is 2.17. The minimum absolute atomic E-state index is 0.151. The van der Waals surface area contributed by atoms with E-state index in [1.54, 1.807) is 13.8 Å². The van der Waals surface area contributed by atoms with E-state index >= 15 is 0 Å². The monoisotopic (exact) mass is 307 g/mol. The van der Waals surface area contributed by atoms with Crippen LogP contribution in [0.1, 0.15) is 16.8 Å². The number of amidine groups is 1. The molecule has 0 saturated carbocycles. The zero-order chi connectivity index (χ0) is 15.7. The maximum absolute atomic E-state index is 11.3. The molecule has 0 fully saturated rings. The fraction of sp³-hybridized carbons (Fsp3) is 0.273. The maximum Gasteiger partial charge on any atom is 0.339 e. The highest BCUT2D eigenvalue weighted by molar-refractivity contribution is 7.99. The molecule has 10 heteroatoms. The molecule has 0 unspecified atom stereocenters. The first-order valence-electron chi connectivity index (χ1n) is 5.84. The van der Waals surface area contributed by atoms with E-state index in [-0.39, 0.29) is 11.0 Å². The molecule has 9 nitrogen and oxygen atoms in total. The Morgan fingerprint density at radius 2 is 2.00 bits per heavy atom. The topological polar surface area (TPSA) is 143 Å². The molecular formula is C11H13N7O2S. The first-order chi connectivity index (χ1) is 9.81. The molecule has 0 spiro atoms. The Morgan fingerprint density at radius 1 is 1.33 bits per heavy atom. The highest BCUT2D eigenvalue weighted by Crippen LogP contribution is 2.27. The van der Waals surface area contributed by atoms with Gasteiger partial charge in [0, 0.05) is 7.05 Å². The van der Waals surface area contributed by atoms with Crippen molar-refractivity contribution in [2.45, 2.75) is 24.0 Å². The highest BCUT2D eigenvalue weighted by atomic mass is 32.2. The van der Waals surface area contributed by atoms with Gasteiger partial charge in [-0.05, 0) is 31.2 Å². The second kappa shape index (κ2) is 5.48. The molecule has 2 aromatic rings. The van der Waals surface area contributed by atoms with Gasteiger partial charge < -0.3 is 5.73 Å². The molecule has 0 saturated heterocycles. The SMILES string of the molecule is Cc1nnc(Sc2nc(=O)c(=O)[nH]n2C)c(C(=N)N)c1C. The zero-order valence-corrected chi connectivity index (χ0v) is 12.4. The summed E-state index contributed by atoms with van der Waals surface area (Å²) in [6, 6.07) is 0. The summed E-state index contributed by atoms with van der Waals surface area (Å²) < 4.78 is 1.30. The van der Waals surface area contributed by atoms with Gasteiger partial charge in [-0.25, -0.2) is 0 Å². The van der Waals surface area contributed by atoms with Crippen LogP contribution in [0, 0.1) is 19.3 Å². The molecule has 0 bridgehead atoms. The lowest BCUT2D eigenvalue weighted by Gasteiger charge is -2.11. The number of aromatic nitrogens is 5. The van der Waals surface area contributed by atoms with Crippen LogP contribution in [0.4, 0.5) is 0 Å². The number of hydrogen-bond donors (Lipinski definition) is 3. The van der Waals surface area contributed by atoms with Crippen molar-refractivity contribution >= 4 is 17.6 Å². The second-order valence-electron chi connectivity index (χ2n) is 4.31. The average molecular weight is 307 g/mol. The van der Waals surface area contributed by atoms with Crippen molar-refractivity contribution in [1.82, 2.24) is 25.0 Å². The van der Waals surface area contributed by atoms with Gasteiger partial charge >= 0.3 is 11.1 Å². The lowest BCUT2D eigenvalue weighted by Crippen LogP contribution is -2.33. The summed E-state index contributed by atoms with van der Waals surface area (Å²) >= 11 is 1.00. The van der Waals surface area contributed by atoms with Crippen LogP contribution in [0.5, 0.6) is 0 Å². The molecule has 0 atom stereocenters. The van der Waals surface area contributed by atoms with E-state index in [1.807, 2.05) is 0 Å². The maximum atomic E-state index is 11.3. The predicted octanol–water partition coefficient (Wildman–Crippen LogP) is -0.689. The van der Waals surface area contributed by atoms with E-state index < -0.39 is 11.1 Å². The molecule has 21 heavy (non-hydrogen) atoms. The van der Waals surface area contributed by atoms with Gasteiger partial charge in [0.15, 0.2) is 5.16 Å². The van der Waals surface area contributed by atoms with Gasteiger partial charge in [-0.1, -0.05) is 0 Å². The van der Waals surface area contributed by atoms with Gasteiger partial charge in [-0.3, -0.25) is 24.8 Å². The molecule has 0 aromatic carbocycles. The van der Waals surface area contributed by atoms with Crippen LogP contribution >= 0.6 is 11.8 Å². The smallest absolute Gasteiger partial charge is 0.339 e. The van der Waals surface area contributed by atoms with Gasteiger partial charge in [0.1, 0.15) is 10.9 Å². The number of nitrogens with one attached hydrogen (secondary N) is 2. The Labute approximate surface area is 123 Å². The number of H-pyrrole nitrogens is 1. The van der Waals surface area contributed by atoms with Crippen LogP contribution in [0.25, 0.3) is 0 Å². The Bertz CT molecular complexity index is 839. The Balaban J connectivity index is 2.57. The second-order valence-corrected chi connectivity index (χ2v) is 5.26. The number of nitrogens with two attached hydrogens (primary N) is 1. The van der Waals surface area contributed by atoms with Crippen LogP contribution in [0.15, 0.2) is 19.8 Å². The lowest BCUT2D eigenvalue weighted by atomic mass is 10.1. The van der Waals surface area contributed by atoms with E-state index in [4.69, 9.17) is 11.1 Å². The van der Waals surface area contributed by atoms with E-state index in [0.717, 1.165) is 17.3 Å². The van der Waals surface area contributed by atoms with Crippen molar-refractivity contribution < 1.29 is 0 Å². The summed E-state index contributed by atoms with van der Waals surface area (Å²) in [4.78, 5) is 26.2. The first-order valence-corrected chi connectivity index (χ1v) is 6.66. The summed E-state index contributed by atoms with van der Waals surface area (Å²) in [6.45, 7) is 3.54. The first kappa shape index (κ1) is 14.9. The largest absolute Gasteiger partial charge is 0.384 e. The number of aryl methyl sites for hydroxylation is 2. The van der Waals surface area contributed by atoms with E-state index in [1.165, 1.54) is 11.7 Å². The molecule has 2 rings (SSSR count). The Hall–Kier alpha value is -2.49. The average Bonchev–Trinajstić information content (AvgIpc) is 2.40. The van der Waals surface area contributed by atoms with Gasteiger partial charge in [-0.15, -0.1) is 5.10 Å². The molecule has 0 amide bonds. The summed E-state index contributed by atoms with van der Waals surface area (Å²) in [7, 11) is 1.54. The fourth-order valence-corrected chi connectivity index (χ4v) is 2.54. The molecule has 0 aliphatic rings. The standard InChI is InChI=1S/C11H13N7O2S/c1-4-5(2)15-16-10(6(4)7(12)13)21-11-14-8(19)9(20)17-18(11)3/h1-3H3,(H3,12,13)(H,17,20). The third kappa shape index (κ3) is 2.84.